The summed E-state index contributed by atoms with van der Waals surface area (Å²) < 4.78 is 66.7. The molecule has 0 amide bonds. The highest BCUT2D eigenvalue weighted by Crippen LogP contribution is 2.24. The second kappa shape index (κ2) is 8.66. The van der Waals surface area contributed by atoms with Crippen molar-refractivity contribution in [1.82, 2.24) is 0 Å². The maximum atomic E-state index is 13.4. The minimum Gasteiger partial charge on any atom is -0.406 e. The molecule has 0 fully saturated rings. The van der Waals surface area contributed by atoms with Crippen molar-refractivity contribution in [2.45, 2.75) is 12.8 Å². The first kappa shape index (κ1) is 20.7. The van der Waals surface area contributed by atoms with E-state index in [1.807, 2.05) is 0 Å². The van der Waals surface area contributed by atoms with E-state index in [0.717, 1.165) is 30.3 Å². The molecular weight excluding hydrogens is 369 g/mol. The quantitative estimate of drug-likeness (QED) is 0.567. The van der Waals surface area contributed by atoms with Gasteiger partial charge in [0.2, 0.25) is 0 Å². The summed E-state index contributed by atoms with van der Waals surface area (Å²) in [6, 6.07) is 8.00. The summed E-state index contributed by atoms with van der Waals surface area (Å²) in [4.78, 5) is 11.8. The van der Waals surface area contributed by atoms with Crippen LogP contribution >= 0.6 is 12.4 Å². The maximum absolute atomic E-state index is 13.4. The van der Waals surface area contributed by atoms with Gasteiger partial charge in [0.15, 0.2) is 5.78 Å². The van der Waals surface area contributed by atoms with Gasteiger partial charge in [-0.25, -0.2) is 8.78 Å². The Bertz CT molecular complexity index is 699. The van der Waals surface area contributed by atoms with E-state index in [4.69, 9.17) is 0 Å². The molecule has 25 heavy (non-hydrogen) atoms. The summed E-state index contributed by atoms with van der Waals surface area (Å²) in [5.41, 5.74) is -0.167. The molecule has 0 heterocycles. The number of alkyl halides is 3. The molecule has 0 unspecified atom stereocenters. The molecule has 136 valence electrons. The van der Waals surface area contributed by atoms with Gasteiger partial charge in [-0.3, -0.25) is 4.79 Å². The largest absolute Gasteiger partial charge is 0.573 e. The van der Waals surface area contributed by atoms with Gasteiger partial charge in [-0.15, -0.1) is 25.6 Å². The van der Waals surface area contributed by atoms with Gasteiger partial charge in [0.1, 0.15) is 17.4 Å². The molecule has 9 heteroatoms. The number of benzene rings is 2. The second-order valence-electron chi connectivity index (χ2n) is 4.77. The van der Waals surface area contributed by atoms with Crippen LogP contribution in [0.5, 0.6) is 5.75 Å². The van der Waals surface area contributed by atoms with Crippen molar-refractivity contribution in [3.05, 3.63) is 59.7 Å². The standard InChI is InChI=1S/C16H12F5NO2.ClH/c17-12-2-1-3-13(18)15(12)14(23)8-9-22-10-4-6-11(7-5-10)24-16(19,20)21;/h1-7,22H,8-9H2;1H. The lowest BCUT2D eigenvalue weighted by atomic mass is 10.1. The fourth-order valence-electron chi connectivity index (χ4n) is 1.98. The third-order valence-corrected chi connectivity index (χ3v) is 3.01. The molecule has 0 aromatic heterocycles. The van der Waals surface area contributed by atoms with Crippen LogP contribution in [0.3, 0.4) is 0 Å². The van der Waals surface area contributed by atoms with Crippen molar-refractivity contribution in [2.24, 2.45) is 0 Å². The molecule has 0 radical (unpaired) electrons. The predicted molar refractivity (Wildman–Crippen MR) is 84.2 cm³/mol. The highest BCUT2D eigenvalue weighted by atomic mass is 35.5. The van der Waals surface area contributed by atoms with Crippen molar-refractivity contribution >= 4 is 23.9 Å². The van der Waals surface area contributed by atoms with Gasteiger partial charge in [0.05, 0.1) is 5.56 Å². The number of ether oxygens (including phenoxy) is 1. The fraction of sp³-hybridized carbons (Fsp3) is 0.188. The Morgan fingerprint density at radius 1 is 1.00 bits per heavy atom. The van der Waals surface area contributed by atoms with E-state index in [1.54, 1.807) is 0 Å². The van der Waals surface area contributed by atoms with Gasteiger partial charge in [-0.1, -0.05) is 6.07 Å². The molecule has 0 saturated heterocycles. The van der Waals surface area contributed by atoms with Crippen molar-refractivity contribution in [2.75, 3.05) is 11.9 Å². The van der Waals surface area contributed by atoms with Crippen LogP contribution < -0.4 is 10.1 Å². The molecule has 0 aliphatic carbocycles. The fourth-order valence-corrected chi connectivity index (χ4v) is 1.98. The van der Waals surface area contributed by atoms with Gasteiger partial charge < -0.3 is 10.1 Å². The molecule has 0 spiro atoms. The topological polar surface area (TPSA) is 38.3 Å². The zero-order valence-electron chi connectivity index (χ0n) is 12.6. The molecule has 0 saturated carbocycles. The molecule has 1 N–H and O–H groups in total. The molecule has 2 rings (SSSR count). The first-order chi connectivity index (χ1) is 11.3. The third kappa shape index (κ3) is 6.22. The van der Waals surface area contributed by atoms with Crippen LogP contribution in [0.25, 0.3) is 0 Å². The van der Waals surface area contributed by atoms with Gasteiger partial charge in [-0.2, -0.15) is 0 Å². The normalized spacial score (nSPS) is 10.8. The molecule has 2 aromatic rings. The van der Waals surface area contributed by atoms with Gasteiger partial charge in [-0.05, 0) is 36.4 Å². The average molecular weight is 382 g/mol. The zero-order valence-corrected chi connectivity index (χ0v) is 13.4. The van der Waals surface area contributed by atoms with Gasteiger partial charge >= 0.3 is 6.36 Å². The summed E-state index contributed by atoms with van der Waals surface area (Å²) >= 11 is 0. The van der Waals surface area contributed by atoms with Gasteiger partial charge in [0.25, 0.3) is 0 Å². The van der Waals surface area contributed by atoms with Crippen molar-refractivity contribution in [3.8, 4) is 5.75 Å². The number of ketones is 1. The van der Waals surface area contributed by atoms with E-state index in [9.17, 15) is 26.7 Å². The number of hydrogen-bond acceptors (Lipinski definition) is 3. The minimum absolute atomic E-state index is 0. The highest BCUT2D eigenvalue weighted by molar-refractivity contribution is 5.96. The van der Waals surface area contributed by atoms with Crippen LogP contribution in [0, 0.1) is 11.6 Å². The number of Topliss-reactive ketones (excluding diaryl/α,β-unsaturated/α-hetero) is 1. The van der Waals surface area contributed by atoms with Crippen molar-refractivity contribution < 1.29 is 31.5 Å². The smallest absolute Gasteiger partial charge is 0.406 e. The molecule has 0 bridgehead atoms. The molecule has 0 aliphatic rings. The number of carbonyl (C=O) groups excluding carboxylic acids is 1. The summed E-state index contributed by atoms with van der Waals surface area (Å²) in [5, 5.41) is 2.77. The van der Waals surface area contributed by atoms with Crippen molar-refractivity contribution in [3.63, 3.8) is 0 Å². The van der Waals surface area contributed by atoms with E-state index >= 15 is 0 Å². The van der Waals surface area contributed by atoms with Crippen LogP contribution in [-0.2, 0) is 0 Å². The van der Waals surface area contributed by atoms with E-state index in [0.29, 0.717) is 5.69 Å². The number of nitrogens with one attached hydrogen (secondary N) is 1. The number of anilines is 1. The number of hydrogen-bond donors (Lipinski definition) is 1. The SMILES string of the molecule is Cl.O=C(CCNc1ccc(OC(F)(F)F)cc1)c1c(F)cccc1F. The number of rotatable bonds is 6. The first-order valence-corrected chi connectivity index (χ1v) is 6.83. The third-order valence-electron chi connectivity index (χ3n) is 3.01. The van der Waals surface area contributed by atoms with E-state index in [2.05, 4.69) is 10.1 Å². The van der Waals surface area contributed by atoms with E-state index in [-0.39, 0.29) is 31.1 Å². The summed E-state index contributed by atoms with van der Waals surface area (Å²) in [6.07, 6.45) is -4.95. The Hall–Kier alpha value is -2.35. The van der Waals surface area contributed by atoms with Crippen LogP contribution in [0.2, 0.25) is 0 Å². The van der Waals surface area contributed by atoms with Crippen molar-refractivity contribution in [1.29, 1.82) is 0 Å². The van der Waals surface area contributed by atoms with E-state index in [1.165, 1.54) is 12.1 Å². The monoisotopic (exact) mass is 381 g/mol. The Kier molecular flexibility index (Phi) is 7.17. The lowest BCUT2D eigenvalue weighted by Gasteiger charge is -2.10. The zero-order chi connectivity index (χ0) is 17.7. The Morgan fingerprint density at radius 2 is 1.56 bits per heavy atom. The van der Waals surface area contributed by atoms with Crippen LogP contribution in [-0.4, -0.2) is 18.7 Å². The average Bonchev–Trinajstić information content (AvgIpc) is 2.47. The van der Waals surface area contributed by atoms with Gasteiger partial charge in [0, 0.05) is 18.7 Å². The Balaban J connectivity index is 0.00000312. The lowest BCUT2D eigenvalue weighted by molar-refractivity contribution is -0.274. The highest BCUT2D eigenvalue weighted by Gasteiger charge is 2.30. The summed E-state index contributed by atoms with van der Waals surface area (Å²) in [5.74, 6) is -2.96. The maximum Gasteiger partial charge on any atom is 0.573 e. The van der Waals surface area contributed by atoms with Crippen LogP contribution in [0.4, 0.5) is 27.6 Å². The van der Waals surface area contributed by atoms with E-state index < -0.39 is 29.3 Å². The molecule has 2 aromatic carbocycles. The Labute approximate surface area is 146 Å². The first-order valence-electron chi connectivity index (χ1n) is 6.83. The Morgan fingerprint density at radius 3 is 2.08 bits per heavy atom. The predicted octanol–water partition coefficient (Wildman–Crippen LogP) is 4.97. The molecule has 0 atom stereocenters. The minimum atomic E-state index is -4.77. The summed E-state index contributed by atoms with van der Waals surface area (Å²) in [6.45, 7) is 0.0616. The molecular formula is C16H13ClF5NO2. The van der Waals surface area contributed by atoms with Crippen LogP contribution in [0.15, 0.2) is 42.5 Å². The number of carbonyl (C=O) groups is 1. The second-order valence-corrected chi connectivity index (χ2v) is 4.77. The van der Waals surface area contributed by atoms with Crippen LogP contribution in [0.1, 0.15) is 16.8 Å². The molecule has 3 nitrogen and oxygen atoms in total. The summed E-state index contributed by atoms with van der Waals surface area (Å²) in [7, 11) is 0. The lowest BCUT2D eigenvalue weighted by Crippen LogP contribution is -2.17. The number of halogens is 6. The molecule has 0 aliphatic heterocycles.